The summed E-state index contributed by atoms with van der Waals surface area (Å²) < 4.78 is 47.1. The summed E-state index contributed by atoms with van der Waals surface area (Å²) in [6.07, 6.45) is 6.70. The normalized spacial score (nSPS) is 28.3. The SMILES string of the molecule is C=C[C@@H]1C[C@]1(NC(=O)[C@@H]1C[C@@H]2CN1C(=O)[C@H](C(C)(C)C)NC(=O)O[C@@H]1CCC[C@H]1CCCCCc1c([nH]c3ccccc3c1=O)O2)C(=O)NS(=O)(=O)C1(COCc2ccccc2)CC1. The van der Waals surface area contributed by atoms with Gasteiger partial charge >= 0.3 is 6.09 Å². The lowest BCUT2D eigenvalue weighted by molar-refractivity contribution is -0.143. The number of hydrogen-bond acceptors (Lipinski definition) is 10. The molecule has 0 radical (unpaired) electrons. The number of aromatic nitrogens is 1. The number of fused-ring (bicyclic) bond motifs is 5. The molecule has 64 heavy (non-hydrogen) atoms. The van der Waals surface area contributed by atoms with E-state index in [0.29, 0.717) is 35.7 Å². The standard InChI is InChI=1S/C48H61N5O10S/c1-5-32-26-48(32,44(57)52-64(59,60)47(23-24-47)29-61-28-30-15-8-6-9-16-30)51-41(55)37-25-33-27-53(37)43(56)40(46(2,3)4)50-45(58)63-38-22-14-18-31(38)17-10-7-11-20-35-39(54)34-19-12-13-21-36(34)49-42(35)62-33/h5-6,8-9,12-13,15-16,19,21,31-33,37-38,40H,1,7,10-11,14,17-18,20,22-29H2,2-4H3,(H,49,54)(H,50,58)(H,51,55)(H,52,57)/t31-,32-,33-,37+,38-,40-,48-/m1/s1. The van der Waals surface area contributed by atoms with Crippen LogP contribution in [0.5, 0.6) is 5.88 Å². The Morgan fingerprint density at radius 3 is 2.42 bits per heavy atom. The van der Waals surface area contributed by atoms with E-state index in [1.807, 2.05) is 63.2 Å². The molecule has 3 aromatic rings. The Labute approximate surface area is 374 Å². The minimum atomic E-state index is -4.25. The fraction of sp³-hybridized carbons (Fsp3) is 0.562. The van der Waals surface area contributed by atoms with Gasteiger partial charge in [0.1, 0.15) is 34.6 Å². The van der Waals surface area contributed by atoms with Gasteiger partial charge in [0.2, 0.25) is 21.8 Å². The van der Waals surface area contributed by atoms with Gasteiger partial charge < -0.3 is 34.7 Å². The molecule has 4 N–H and O–H groups in total. The maximum Gasteiger partial charge on any atom is 0.408 e. The third-order valence-corrected chi connectivity index (χ3v) is 16.1. The fourth-order valence-electron chi connectivity index (χ4n) is 9.82. The van der Waals surface area contributed by atoms with Gasteiger partial charge in [0, 0.05) is 17.7 Å². The van der Waals surface area contributed by atoms with Gasteiger partial charge in [-0.15, -0.1) is 6.58 Å². The summed E-state index contributed by atoms with van der Waals surface area (Å²) >= 11 is 0. The highest BCUT2D eigenvalue weighted by Crippen LogP contribution is 2.48. The number of amides is 4. The van der Waals surface area contributed by atoms with Crippen molar-refractivity contribution in [1.29, 1.82) is 0 Å². The van der Waals surface area contributed by atoms with Gasteiger partial charge in [-0.3, -0.25) is 23.9 Å². The molecule has 8 rings (SSSR count). The van der Waals surface area contributed by atoms with E-state index in [0.717, 1.165) is 50.5 Å². The molecule has 1 aromatic heterocycles. The van der Waals surface area contributed by atoms with Crippen molar-refractivity contribution in [2.45, 2.75) is 139 Å². The van der Waals surface area contributed by atoms with Crippen molar-refractivity contribution in [2.75, 3.05) is 13.2 Å². The number of nitrogens with zero attached hydrogens (tertiary/aromatic N) is 1. The van der Waals surface area contributed by atoms with E-state index in [2.05, 4.69) is 26.9 Å². The van der Waals surface area contributed by atoms with Crippen LogP contribution in [-0.4, -0.2) is 89.8 Å². The molecule has 0 spiro atoms. The average Bonchev–Trinajstić information content (AvgIpc) is 4.10. The quantitative estimate of drug-likeness (QED) is 0.187. The number of carbonyl (C=O) groups excluding carboxylic acids is 4. The zero-order valence-electron chi connectivity index (χ0n) is 37.0. The first kappa shape index (κ1) is 45.4. The molecule has 16 heteroatoms. The summed E-state index contributed by atoms with van der Waals surface area (Å²) in [5.41, 5.74) is -0.705. The van der Waals surface area contributed by atoms with Crippen LogP contribution in [0.1, 0.15) is 103 Å². The van der Waals surface area contributed by atoms with Crippen LogP contribution < -0.4 is 25.5 Å². The summed E-state index contributed by atoms with van der Waals surface area (Å²) in [6, 6.07) is 14.2. The maximum absolute atomic E-state index is 14.9. The first-order valence-electron chi connectivity index (χ1n) is 22.8. The lowest BCUT2D eigenvalue weighted by Gasteiger charge is -2.35. The van der Waals surface area contributed by atoms with Gasteiger partial charge in [-0.2, -0.15) is 0 Å². The molecule has 344 valence electrons. The smallest absolute Gasteiger partial charge is 0.408 e. The molecule has 4 amide bonds. The first-order chi connectivity index (χ1) is 30.5. The van der Waals surface area contributed by atoms with Crippen LogP contribution in [0.4, 0.5) is 4.79 Å². The minimum Gasteiger partial charge on any atom is -0.473 e. The Morgan fingerprint density at radius 2 is 1.70 bits per heavy atom. The predicted molar refractivity (Wildman–Crippen MR) is 240 cm³/mol. The highest BCUT2D eigenvalue weighted by Gasteiger charge is 2.64. The zero-order valence-corrected chi connectivity index (χ0v) is 37.8. The lowest BCUT2D eigenvalue weighted by atomic mass is 9.85. The molecule has 2 aliphatic heterocycles. The van der Waals surface area contributed by atoms with E-state index < -0.39 is 73.6 Å². The second-order valence-electron chi connectivity index (χ2n) is 19.6. The number of rotatable bonds is 10. The van der Waals surface area contributed by atoms with E-state index >= 15 is 0 Å². The Bertz CT molecular complexity index is 2450. The first-order valence-corrected chi connectivity index (χ1v) is 24.2. The van der Waals surface area contributed by atoms with Crippen molar-refractivity contribution in [1.82, 2.24) is 25.2 Å². The topological polar surface area (TPSA) is 202 Å². The van der Waals surface area contributed by atoms with E-state index in [-0.39, 0.29) is 55.9 Å². The molecule has 3 aliphatic carbocycles. The number of para-hydroxylation sites is 1. The van der Waals surface area contributed by atoms with E-state index in [4.69, 9.17) is 14.2 Å². The largest absolute Gasteiger partial charge is 0.473 e. The third-order valence-electron chi connectivity index (χ3n) is 14.0. The molecule has 1 saturated heterocycles. The summed E-state index contributed by atoms with van der Waals surface area (Å²) in [4.78, 5) is 76.1. The van der Waals surface area contributed by atoms with Gasteiger partial charge in [0.15, 0.2) is 11.3 Å². The molecular weight excluding hydrogens is 839 g/mol. The highest BCUT2D eigenvalue weighted by atomic mass is 32.2. The highest BCUT2D eigenvalue weighted by molar-refractivity contribution is 7.91. The Hall–Kier alpha value is -5.22. The fourth-order valence-corrected chi connectivity index (χ4v) is 11.3. The number of nitrogens with one attached hydrogen (secondary N) is 4. The van der Waals surface area contributed by atoms with Crippen LogP contribution in [0, 0.1) is 17.3 Å². The number of aromatic amines is 1. The van der Waals surface area contributed by atoms with Gasteiger partial charge in [-0.25, -0.2) is 13.2 Å². The molecule has 7 atom stereocenters. The molecule has 4 fully saturated rings. The van der Waals surface area contributed by atoms with Crippen molar-refractivity contribution in [3.8, 4) is 5.88 Å². The van der Waals surface area contributed by atoms with Gasteiger partial charge in [0.05, 0.1) is 30.8 Å². The van der Waals surface area contributed by atoms with E-state index in [1.165, 1.54) is 11.0 Å². The number of hydrogen-bond donors (Lipinski definition) is 4. The second kappa shape index (κ2) is 18.0. The Kier molecular flexibility index (Phi) is 12.7. The molecule has 15 nitrogen and oxygen atoms in total. The summed E-state index contributed by atoms with van der Waals surface area (Å²) in [7, 11) is -4.25. The van der Waals surface area contributed by atoms with Gasteiger partial charge in [0.25, 0.3) is 5.91 Å². The monoisotopic (exact) mass is 899 g/mol. The molecule has 0 unspecified atom stereocenters. The van der Waals surface area contributed by atoms with Crippen LogP contribution >= 0.6 is 0 Å². The van der Waals surface area contributed by atoms with Crippen LogP contribution in [0.3, 0.4) is 0 Å². The van der Waals surface area contributed by atoms with Crippen LogP contribution in [0.25, 0.3) is 10.9 Å². The zero-order chi connectivity index (χ0) is 45.4. The number of ether oxygens (including phenoxy) is 3. The van der Waals surface area contributed by atoms with E-state index in [9.17, 15) is 32.4 Å². The number of sulfonamides is 1. The van der Waals surface area contributed by atoms with E-state index in [1.54, 1.807) is 12.1 Å². The van der Waals surface area contributed by atoms with Crippen LogP contribution in [0.2, 0.25) is 0 Å². The van der Waals surface area contributed by atoms with Crippen molar-refractivity contribution in [3.63, 3.8) is 0 Å². The minimum absolute atomic E-state index is 0.0342. The average molecular weight is 900 g/mol. The molecule has 2 bridgehead atoms. The number of benzene rings is 2. The number of H-pyrrole nitrogens is 1. The second-order valence-corrected chi connectivity index (χ2v) is 21.6. The molecule has 3 saturated carbocycles. The molecule has 2 aromatic carbocycles. The summed E-state index contributed by atoms with van der Waals surface area (Å²) in [5.74, 6) is -2.32. The number of pyridine rings is 1. The van der Waals surface area contributed by atoms with Crippen LogP contribution in [0.15, 0.2) is 72.0 Å². The molecular formula is C48H61N5O10S. The molecule has 5 aliphatic rings. The summed E-state index contributed by atoms with van der Waals surface area (Å²) in [6.45, 7) is 9.27. The van der Waals surface area contributed by atoms with Gasteiger partial charge in [-0.1, -0.05) is 82.2 Å². The Balaban J connectivity index is 1.07. The third kappa shape index (κ3) is 9.31. The van der Waals surface area contributed by atoms with Crippen LogP contribution in [-0.2, 0) is 46.9 Å². The number of carbonyl (C=O) groups is 4. The maximum atomic E-state index is 14.9. The predicted octanol–water partition coefficient (Wildman–Crippen LogP) is 5.56. The van der Waals surface area contributed by atoms with Crippen molar-refractivity contribution >= 4 is 44.7 Å². The summed E-state index contributed by atoms with van der Waals surface area (Å²) in [5, 5.41) is 6.23. The van der Waals surface area contributed by atoms with Crippen molar-refractivity contribution < 1.29 is 41.8 Å². The number of alkyl carbamates (subject to hydrolysis) is 1. The lowest BCUT2D eigenvalue weighted by Crippen LogP contribution is -2.60. The molecule has 3 heterocycles. The van der Waals surface area contributed by atoms with Crippen molar-refractivity contribution in [2.24, 2.45) is 17.3 Å². The van der Waals surface area contributed by atoms with Gasteiger partial charge in [-0.05, 0) is 86.8 Å². The van der Waals surface area contributed by atoms with Crippen molar-refractivity contribution in [3.05, 3.63) is 88.6 Å². The Morgan fingerprint density at radius 1 is 0.969 bits per heavy atom.